The third kappa shape index (κ3) is 3.01. The summed E-state index contributed by atoms with van der Waals surface area (Å²) in [4.78, 5) is 11.2. The van der Waals surface area contributed by atoms with Crippen molar-refractivity contribution in [3.05, 3.63) is 58.8 Å². The van der Waals surface area contributed by atoms with Gasteiger partial charge in [-0.1, -0.05) is 35.0 Å². The predicted molar refractivity (Wildman–Crippen MR) is 79.9 cm³/mol. The molecule has 0 aliphatic rings. The monoisotopic (exact) mass is 318 g/mol. The summed E-state index contributed by atoms with van der Waals surface area (Å²) >= 11 is 3.43. The molecule has 3 nitrogen and oxygen atoms in total. The number of aldehydes is 1. The molecule has 1 heterocycles. The molecular weight excluding hydrogens is 304 g/mol. The minimum Gasteiger partial charge on any atom is -0.298 e. The summed E-state index contributed by atoms with van der Waals surface area (Å²) < 4.78 is 2.72. The third-order valence-corrected chi connectivity index (χ3v) is 3.45. The smallest absolute Gasteiger partial charge is 0.153 e. The van der Waals surface area contributed by atoms with Gasteiger partial charge in [0.2, 0.25) is 0 Å². The van der Waals surface area contributed by atoms with Gasteiger partial charge in [0.1, 0.15) is 0 Å². The number of carbonyl (C=O) groups excluding carboxylic acids is 1. The molecule has 1 atom stereocenters. The van der Waals surface area contributed by atoms with Gasteiger partial charge in [-0.3, -0.25) is 4.79 Å². The summed E-state index contributed by atoms with van der Waals surface area (Å²) in [5, 5.41) is 4.53. The highest BCUT2D eigenvalue weighted by molar-refractivity contribution is 9.10. The van der Waals surface area contributed by atoms with E-state index in [0.717, 1.165) is 28.6 Å². The van der Waals surface area contributed by atoms with E-state index >= 15 is 0 Å². The molecule has 0 N–H and O–H groups in total. The molecule has 0 spiro atoms. The highest BCUT2D eigenvalue weighted by Gasteiger charge is 2.15. The number of aromatic nitrogens is 2. The van der Waals surface area contributed by atoms with Crippen molar-refractivity contribution in [2.75, 3.05) is 0 Å². The Balaban J connectivity index is 2.43. The van der Waals surface area contributed by atoms with Crippen LogP contribution in [0.4, 0.5) is 0 Å². The second kappa shape index (κ2) is 5.97. The molecule has 98 valence electrons. The van der Waals surface area contributed by atoms with Gasteiger partial charge in [0.05, 0.1) is 16.9 Å². The van der Waals surface area contributed by atoms with Crippen molar-refractivity contribution in [2.24, 2.45) is 0 Å². The van der Waals surface area contributed by atoms with Crippen LogP contribution in [0.25, 0.3) is 5.69 Å². The van der Waals surface area contributed by atoms with Gasteiger partial charge in [-0.25, -0.2) is 4.68 Å². The molecule has 2 rings (SSSR count). The lowest BCUT2D eigenvalue weighted by atomic mass is 10.0. The molecule has 0 saturated heterocycles. The normalized spacial score (nSPS) is 12.1. The Bertz CT molecular complexity index is 604. The number of hydrogen-bond acceptors (Lipinski definition) is 2. The second-order valence-electron chi connectivity index (χ2n) is 4.44. The van der Waals surface area contributed by atoms with Gasteiger partial charge >= 0.3 is 0 Å². The van der Waals surface area contributed by atoms with Gasteiger partial charge in [0.25, 0.3) is 0 Å². The van der Waals surface area contributed by atoms with Crippen LogP contribution in [0.2, 0.25) is 0 Å². The summed E-state index contributed by atoms with van der Waals surface area (Å²) in [5.74, 6) is 0.186. The zero-order valence-corrected chi connectivity index (χ0v) is 12.3. The van der Waals surface area contributed by atoms with E-state index in [4.69, 9.17) is 0 Å². The Morgan fingerprint density at radius 1 is 1.53 bits per heavy atom. The number of carbonyl (C=O) groups is 1. The minimum absolute atomic E-state index is 0.186. The molecule has 0 aliphatic carbocycles. The van der Waals surface area contributed by atoms with Crippen molar-refractivity contribution in [3.8, 4) is 5.69 Å². The highest BCUT2D eigenvalue weighted by Crippen LogP contribution is 2.23. The van der Waals surface area contributed by atoms with E-state index in [1.807, 2.05) is 37.3 Å². The molecule has 0 amide bonds. The zero-order chi connectivity index (χ0) is 13.8. The van der Waals surface area contributed by atoms with Gasteiger partial charge in [-0.2, -0.15) is 5.10 Å². The van der Waals surface area contributed by atoms with E-state index in [-0.39, 0.29) is 5.92 Å². The SMILES string of the molecule is C=CCC(C)c1nn(-c2cccc(Br)c2)cc1C=O. The van der Waals surface area contributed by atoms with E-state index in [9.17, 15) is 4.79 Å². The molecule has 4 heteroatoms. The number of benzene rings is 1. The molecule has 0 bridgehead atoms. The molecule has 2 aromatic rings. The topological polar surface area (TPSA) is 34.9 Å². The van der Waals surface area contributed by atoms with Crippen LogP contribution in [0.5, 0.6) is 0 Å². The first-order valence-corrected chi connectivity index (χ1v) is 6.86. The Kier molecular flexibility index (Phi) is 4.32. The van der Waals surface area contributed by atoms with Crippen molar-refractivity contribution in [2.45, 2.75) is 19.3 Å². The third-order valence-electron chi connectivity index (χ3n) is 2.96. The summed E-state index contributed by atoms with van der Waals surface area (Å²) in [6.07, 6.45) is 5.27. The van der Waals surface area contributed by atoms with Gasteiger partial charge in [-0.05, 0) is 24.6 Å². The molecule has 1 aromatic carbocycles. The summed E-state index contributed by atoms with van der Waals surface area (Å²) in [7, 11) is 0. The van der Waals surface area contributed by atoms with Crippen LogP contribution in [0, 0.1) is 0 Å². The highest BCUT2D eigenvalue weighted by atomic mass is 79.9. The molecule has 0 aliphatic heterocycles. The van der Waals surface area contributed by atoms with Crippen LogP contribution in [0.15, 0.2) is 47.6 Å². The van der Waals surface area contributed by atoms with Crippen molar-refractivity contribution in [1.29, 1.82) is 0 Å². The van der Waals surface area contributed by atoms with Crippen LogP contribution >= 0.6 is 15.9 Å². The Hall–Kier alpha value is -1.68. The van der Waals surface area contributed by atoms with E-state index in [1.165, 1.54) is 0 Å². The first-order valence-electron chi connectivity index (χ1n) is 6.07. The van der Waals surface area contributed by atoms with Gasteiger partial charge in [0, 0.05) is 16.6 Å². The summed E-state index contributed by atoms with van der Waals surface area (Å²) in [6.45, 7) is 5.77. The number of halogens is 1. The lowest BCUT2D eigenvalue weighted by Crippen LogP contribution is -1.99. The quantitative estimate of drug-likeness (QED) is 0.613. The zero-order valence-electron chi connectivity index (χ0n) is 10.7. The van der Waals surface area contributed by atoms with Crippen LogP contribution < -0.4 is 0 Å². The first kappa shape index (κ1) is 13.7. The van der Waals surface area contributed by atoms with Crippen LogP contribution in [-0.4, -0.2) is 16.1 Å². The van der Waals surface area contributed by atoms with Crippen molar-refractivity contribution < 1.29 is 4.79 Å². The molecule has 1 unspecified atom stereocenters. The van der Waals surface area contributed by atoms with Gasteiger partial charge < -0.3 is 0 Å². The second-order valence-corrected chi connectivity index (χ2v) is 5.35. The minimum atomic E-state index is 0.186. The Morgan fingerprint density at radius 2 is 2.32 bits per heavy atom. The fourth-order valence-electron chi connectivity index (χ4n) is 1.99. The molecule has 0 radical (unpaired) electrons. The number of hydrogen-bond donors (Lipinski definition) is 0. The maximum atomic E-state index is 11.2. The van der Waals surface area contributed by atoms with Crippen LogP contribution in [0.3, 0.4) is 0 Å². The first-order chi connectivity index (χ1) is 9.15. The molecule has 0 fully saturated rings. The van der Waals surface area contributed by atoms with Crippen molar-refractivity contribution in [1.82, 2.24) is 9.78 Å². The molecule has 0 saturated carbocycles. The van der Waals surface area contributed by atoms with Gasteiger partial charge in [0.15, 0.2) is 6.29 Å². The average Bonchev–Trinajstić information content (AvgIpc) is 2.83. The molecule has 19 heavy (non-hydrogen) atoms. The average molecular weight is 319 g/mol. The van der Waals surface area contributed by atoms with Crippen LogP contribution in [-0.2, 0) is 0 Å². The fraction of sp³-hybridized carbons (Fsp3) is 0.200. The molecular formula is C15H15BrN2O. The number of rotatable bonds is 5. The van der Waals surface area contributed by atoms with E-state index < -0.39 is 0 Å². The predicted octanol–water partition coefficient (Wildman–Crippen LogP) is 4.13. The van der Waals surface area contributed by atoms with E-state index in [2.05, 4.69) is 27.6 Å². The van der Waals surface area contributed by atoms with E-state index in [0.29, 0.717) is 5.56 Å². The maximum Gasteiger partial charge on any atom is 0.153 e. The fourth-order valence-corrected chi connectivity index (χ4v) is 2.37. The van der Waals surface area contributed by atoms with E-state index in [1.54, 1.807) is 10.9 Å². The number of allylic oxidation sites excluding steroid dienone is 1. The standard InChI is InChI=1S/C15H15BrN2O/c1-3-5-11(2)15-12(10-19)9-18(17-15)14-7-4-6-13(16)8-14/h3-4,6-11H,1,5H2,2H3. The molecule has 1 aromatic heterocycles. The van der Waals surface area contributed by atoms with Gasteiger partial charge in [-0.15, -0.1) is 6.58 Å². The van der Waals surface area contributed by atoms with Crippen LogP contribution in [0.1, 0.15) is 35.3 Å². The Labute approximate surface area is 121 Å². The van der Waals surface area contributed by atoms with Crippen molar-refractivity contribution in [3.63, 3.8) is 0 Å². The van der Waals surface area contributed by atoms with Crippen molar-refractivity contribution >= 4 is 22.2 Å². The lowest BCUT2D eigenvalue weighted by molar-refractivity contribution is 0.112. The largest absolute Gasteiger partial charge is 0.298 e. The number of nitrogens with zero attached hydrogens (tertiary/aromatic N) is 2. The Morgan fingerprint density at radius 3 is 2.95 bits per heavy atom. The summed E-state index contributed by atoms with van der Waals surface area (Å²) in [6, 6.07) is 7.81. The lowest BCUT2D eigenvalue weighted by Gasteiger charge is -2.05. The summed E-state index contributed by atoms with van der Waals surface area (Å²) in [5.41, 5.74) is 2.37. The maximum absolute atomic E-state index is 11.2.